The number of hydrogen-bond donors (Lipinski definition) is 1. The number of carbonyl (C=O) groups excluding carboxylic acids is 1. The molecule has 1 aliphatic heterocycles. The predicted octanol–water partition coefficient (Wildman–Crippen LogP) is 2.37. The molecule has 1 N–H and O–H groups in total. The SMILES string of the molecule is CC(C)Sc1ccc(N(C)C(=O)C2CNC2)cc1. The summed E-state index contributed by atoms with van der Waals surface area (Å²) in [6.45, 7) is 5.98. The van der Waals surface area contributed by atoms with Crippen LogP contribution in [0.2, 0.25) is 0 Å². The van der Waals surface area contributed by atoms with Crippen LogP contribution < -0.4 is 10.2 Å². The summed E-state index contributed by atoms with van der Waals surface area (Å²) in [6, 6.07) is 8.22. The summed E-state index contributed by atoms with van der Waals surface area (Å²) in [5, 5.41) is 3.71. The largest absolute Gasteiger partial charge is 0.315 e. The van der Waals surface area contributed by atoms with Crippen LogP contribution in [0.25, 0.3) is 0 Å². The zero-order valence-electron chi connectivity index (χ0n) is 11.1. The number of carbonyl (C=O) groups is 1. The van der Waals surface area contributed by atoms with Crippen molar-refractivity contribution in [2.24, 2.45) is 5.92 Å². The Kier molecular flexibility index (Phi) is 4.30. The van der Waals surface area contributed by atoms with Gasteiger partial charge in [0.25, 0.3) is 0 Å². The third-order valence-electron chi connectivity index (χ3n) is 3.06. The van der Waals surface area contributed by atoms with Crippen molar-refractivity contribution >= 4 is 23.4 Å². The van der Waals surface area contributed by atoms with Crippen LogP contribution in [0.3, 0.4) is 0 Å². The highest BCUT2D eigenvalue weighted by Gasteiger charge is 2.28. The monoisotopic (exact) mass is 264 g/mol. The second-order valence-corrected chi connectivity index (χ2v) is 6.56. The summed E-state index contributed by atoms with van der Waals surface area (Å²) < 4.78 is 0. The molecule has 0 aromatic heterocycles. The van der Waals surface area contributed by atoms with Gasteiger partial charge >= 0.3 is 0 Å². The van der Waals surface area contributed by atoms with E-state index in [9.17, 15) is 4.79 Å². The number of anilines is 1. The molecule has 1 aromatic rings. The maximum atomic E-state index is 12.1. The van der Waals surface area contributed by atoms with Crippen LogP contribution in [0.5, 0.6) is 0 Å². The number of nitrogens with zero attached hydrogens (tertiary/aromatic N) is 1. The second kappa shape index (κ2) is 5.76. The number of nitrogens with one attached hydrogen (secondary N) is 1. The first-order chi connectivity index (χ1) is 8.58. The van der Waals surface area contributed by atoms with Crippen LogP contribution in [-0.4, -0.2) is 31.3 Å². The number of hydrogen-bond acceptors (Lipinski definition) is 3. The molecule has 0 bridgehead atoms. The lowest BCUT2D eigenvalue weighted by atomic mass is 10.0. The van der Waals surface area contributed by atoms with Gasteiger partial charge in [-0.1, -0.05) is 13.8 Å². The maximum Gasteiger partial charge on any atom is 0.232 e. The van der Waals surface area contributed by atoms with E-state index in [1.165, 1.54) is 4.90 Å². The van der Waals surface area contributed by atoms with Crippen LogP contribution >= 0.6 is 11.8 Å². The molecular weight excluding hydrogens is 244 g/mol. The molecule has 0 aliphatic carbocycles. The number of amides is 1. The van der Waals surface area contributed by atoms with Gasteiger partial charge in [0, 0.05) is 36.0 Å². The minimum atomic E-state index is 0.153. The third-order valence-corrected chi connectivity index (χ3v) is 4.07. The van der Waals surface area contributed by atoms with Gasteiger partial charge in [0.15, 0.2) is 0 Å². The van der Waals surface area contributed by atoms with Gasteiger partial charge in [0.2, 0.25) is 5.91 Å². The fraction of sp³-hybridized carbons (Fsp3) is 0.500. The molecule has 1 heterocycles. The normalized spacial score (nSPS) is 15.6. The van der Waals surface area contributed by atoms with Crippen molar-refractivity contribution in [3.63, 3.8) is 0 Å². The summed E-state index contributed by atoms with van der Waals surface area (Å²) in [6.07, 6.45) is 0. The molecule has 2 rings (SSSR count). The van der Waals surface area contributed by atoms with Crippen molar-refractivity contribution in [1.29, 1.82) is 0 Å². The fourth-order valence-electron chi connectivity index (χ4n) is 1.88. The lowest BCUT2D eigenvalue weighted by Crippen LogP contribution is -2.51. The van der Waals surface area contributed by atoms with Crippen molar-refractivity contribution in [3.8, 4) is 0 Å². The average molecular weight is 264 g/mol. The highest BCUT2D eigenvalue weighted by atomic mass is 32.2. The molecular formula is C14H20N2OS. The highest BCUT2D eigenvalue weighted by molar-refractivity contribution is 7.99. The van der Waals surface area contributed by atoms with E-state index in [2.05, 4.69) is 31.3 Å². The Morgan fingerprint density at radius 2 is 1.94 bits per heavy atom. The van der Waals surface area contributed by atoms with E-state index in [4.69, 9.17) is 0 Å². The first-order valence-electron chi connectivity index (χ1n) is 6.33. The first-order valence-corrected chi connectivity index (χ1v) is 7.21. The Morgan fingerprint density at radius 1 is 1.33 bits per heavy atom. The lowest BCUT2D eigenvalue weighted by molar-refractivity contribution is -0.123. The van der Waals surface area contributed by atoms with E-state index in [0.29, 0.717) is 5.25 Å². The van der Waals surface area contributed by atoms with E-state index in [-0.39, 0.29) is 11.8 Å². The van der Waals surface area contributed by atoms with Crippen molar-refractivity contribution in [2.45, 2.75) is 24.0 Å². The van der Waals surface area contributed by atoms with E-state index in [1.54, 1.807) is 4.90 Å². The minimum absolute atomic E-state index is 0.153. The summed E-state index contributed by atoms with van der Waals surface area (Å²) in [7, 11) is 1.85. The summed E-state index contributed by atoms with van der Waals surface area (Å²) >= 11 is 1.84. The first kappa shape index (κ1) is 13.4. The standard InChI is InChI=1S/C14H20N2OS/c1-10(2)18-13-6-4-12(5-7-13)16(3)14(17)11-8-15-9-11/h4-7,10-11,15H,8-9H2,1-3H3. The van der Waals surface area contributed by atoms with Gasteiger partial charge in [-0.15, -0.1) is 11.8 Å². The molecule has 1 fully saturated rings. The second-order valence-electron chi connectivity index (χ2n) is 4.91. The van der Waals surface area contributed by atoms with Gasteiger partial charge < -0.3 is 10.2 Å². The quantitative estimate of drug-likeness (QED) is 0.847. The smallest absolute Gasteiger partial charge is 0.232 e. The topological polar surface area (TPSA) is 32.3 Å². The molecule has 3 nitrogen and oxygen atoms in total. The molecule has 18 heavy (non-hydrogen) atoms. The lowest BCUT2D eigenvalue weighted by Gasteiger charge is -2.30. The molecule has 0 spiro atoms. The Bertz CT molecular complexity index is 412. The Hall–Kier alpha value is -1.00. The maximum absolute atomic E-state index is 12.1. The number of thioether (sulfide) groups is 1. The third kappa shape index (κ3) is 3.06. The van der Waals surface area contributed by atoms with Gasteiger partial charge in [-0.05, 0) is 24.3 Å². The fourth-order valence-corrected chi connectivity index (χ4v) is 2.72. The van der Waals surface area contributed by atoms with E-state index >= 15 is 0 Å². The molecule has 0 radical (unpaired) electrons. The molecule has 1 saturated heterocycles. The zero-order chi connectivity index (χ0) is 13.1. The van der Waals surface area contributed by atoms with Gasteiger partial charge in [-0.3, -0.25) is 4.79 Å². The Balaban J connectivity index is 2.01. The molecule has 98 valence electrons. The van der Waals surface area contributed by atoms with Gasteiger partial charge in [-0.25, -0.2) is 0 Å². The molecule has 4 heteroatoms. The molecule has 0 saturated carbocycles. The van der Waals surface area contributed by atoms with Crippen LogP contribution in [0, 0.1) is 5.92 Å². The minimum Gasteiger partial charge on any atom is -0.315 e. The van der Waals surface area contributed by atoms with Crippen LogP contribution in [0.1, 0.15) is 13.8 Å². The number of benzene rings is 1. The number of rotatable bonds is 4. The summed E-state index contributed by atoms with van der Waals surface area (Å²) in [4.78, 5) is 15.1. The zero-order valence-corrected chi connectivity index (χ0v) is 12.0. The van der Waals surface area contributed by atoms with E-state index in [0.717, 1.165) is 18.8 Å². The van der Waals surface area contributed by atoms with Crippen molar-refractivity contribution in [3.05, 3.63) is 24.3 Å². The Labute approximate surface area is 113 Å². The van der Waals surface area contributed by atoms with E-state index < -0.39 is 0 Å². The molecule has 1 aromatic carbocycles. The van der Waals surface area contributed by atoms with Crippen LogP contribution in [-0.2, 0) is 4.79 Å². The molecule has 1 aliphatic rings. The average Bonchev–Trinajstić information content (AvgIpc) is 2.26. The molecule has 0 unspecified atom stereocenters. The van der Waals surface area contributed by atoms with Crippen molar-refractivity contribution in [1.82, 2.24) is 5.32 Å². The van der Waals surface area contributed by atoms with Crippen LogP contribution in [0.15, 0.2) is 29.2 Å². The predicted molar refractivity (Wildman–Crippen MR) is 77.2 cm³/mol. The summed E-state index contributed by atoms with van der Waals surface area (Å²) in [5.74, 6) is 0.359. The molecule has 0 atom stereocenters. The van der Waals surface area contributed by atoms with Gasteiger partial charge in [0.05, 0.1) is 5.92 Å². The summed E-state index contributed by atoms with van der Waals surface area (Å²) in [5.41, 5.74) is 0.972. The molecule has 1 amide bonds. The van der Waals surface area contributed by atoms with E-state index in [1.807, 2.05) is 30.9 Å². The van der Waals surface area contributed by atoms with Crippen molar-refractivity contribution in [2.75, 3.05) is 25.0 Å². The highest BCUT2D eigenvalue weighted by Crippen LogP contribution is 2.25. The van der Waals surface area contributed by atoms with Gasteiger partial charge in [0.1, 0.15) is 0 Å². The van der Waals surface area contributed by atoms with Crippen molar-refractivity contribution < 1.29 is 4.79 Å². The van der Waals surface area contributed by atoms with Crippen LogP contribution in [0.4, 0.5) is 5.69 Å². The Morgan fingerprint density at radius 3 is 2.39 bits per heavy atom. The van der Waals surface area contributed by atoms with Gasteiger partial charge in [-0.2, -0.15) is 0 Å².